The fraction of sp³-hybridized carbons (Fsp3) is 0.250. The van der Waals surface area contributed by atoms with Crippen LogP contribution in [0.4, 0.5) is 8.78 Å². The Morgan fingerprint density at radius 2 is 2.06 bits per heavy atom. The van der Waals surface area contributed by atoms with Gasteiger partial charge in [-0.1, -0.05) is 0 Å². The molecule has 1 aromatic carbocycles. The van der Waals surface area contributed by atoms with Crippen molar-refractivity contribution in [2.45, 2.75) is 19.9 Å². The number of nitrogens with zero attached hydrogens (tertiary/aromatic N) is 1. The Morgan fingerprint density at radius 3 is 2.81 bits per heavy atom. The van der Waals surface area contributed by atoms with Crippen molar-refractivity contribution in [1.82, 2.24) is 4.57 Å². The van der Waals surface area contributed by atoms with Crippen molar-refractivity contribution in [3.8, 4) is 0 Å². The number of rotatable bonds is 0. The molecule has 16 heavy (non-hydrogen) atoms. The van der Waals surface area contributed by atoms with Gasteiger partial charge >= 0.3 is 0 Å². The molecule has 82 valence electrons. The predicted molar refractivity (Wildman–Crippen MR) is 56.6 cm³/mol. The number of pyridine rings is 1. The third-order valence-electron chi connectivity index (χ3n) is 3.17. The van der Waals surface area contributed by atoms with Crippen LogP contribution < -0.4 is 5.56 Å². The maximum absolute atomic E-state index is 13.5. The highest BCUT2D eigenvalue weighted by molar-refractivity contribution is 5.86. The van der Waals surface area contributed by atoms with Gasteiger partial charge < -0.3 is 4.57 Å². The van der Waals surface area contributed by atoms with E-state index in [1.54, 1.807) is 6.92 Å². The van der Waals surface area contributed by atoms with Crippen molar-refractivity contribution in [3.63, 3.8) is 0 Å². The normalized spacial score (nSPS) is 13.7. The standard InChI is InChI=1S/C12H9F2NO/c1-6-4-10(16)15-3-2-7-11(14)9(13)5-8(6)12(7)15/h4-5H,2-3H2,1H3. The van der Waals surface area contributed by atoms with E-state index in [-0.39, 0.29) is 5.56 Å². The van der Waals surface area contributed by atoms with Crippen LogP contribution in [-0.4, -0.2) is 4.57 Å². The second-order valence-electron chi connectivity index (χ2n) is 4.11. The highest BCUT2D eigenvalue weighted by atomic mass is 19.2. The number of aromatic nitrogens is 1. The molecule has 1 aliphatic heterocycles. The summed E-state index contributed by atoms with van der Waals surface area (Å²) >= 11 is 0. The Bertz CT molecular complexity index is 673. The smallest absolute Gasteiger partial charge is 0.251 e. The van der Waals surface area contributed by atoms with E-state index in [9.17, 15) is 13.6 Å². The minimum absolute atomic E-state index is 0.144. The van der Waals surface area contributed by atoms with Gasteiger partial charge in [0.25, 0.3) is 5.56 Å². The zero-order valence-corrected chi connectivity index (χ0v) is 8.68. The molecule has 0 radical (unpaired) electrons. The molecule has 4 heteroatoms. The van der Waals surface area contributed by atoms with E-state index < -0.39 is 11.6 Å². The molecule has 0 spiro atoms. The lowest BCUT2D eigenvalue weighted by Gasteiger charge is -2.07. The molecule has 3 rings (SSSR count). The van der Waals surface area contributed by atoms with Crippen molar-refractivity contribution >= 4 is 10.9 Å². The molecule has 0 atom stereocenters. The first-order chi connectivity index (χ1) is 7.59. The highest BCUT2D eigenvalue weighted by Gasteiger charge is 2.22. The van der Waals surface area contributed by atoms with E-state index in [1.807, 2.05) is 0 Å². The topological polar surface area (TPSA) is 22.0 Å². The van der Waals surface area contributed by atoms with Gasteiger partial charge in [-0.25, -0.2) is 8.78 Å². The van der Waals surface area contributed by atoms with Crippen LogP contribution in [0.15, 0.2) is 16.9 Å². The molecular weight excluding hydrogens is 212 g/mol. The van der Waals surface area contributed by atoms with Gasteiger partial charge in [-0.15, -0.1) is 0 Å². The van der Waals surface area contributed by atoms with Crippen LogP contribution in [0.5, 0.6) is 0 Å². The Labute approximate surface area is 90.1 Å². The molecule has 0 aliphatic carbocycles. The molecule has 0 amide bonds. The maximum Gasteiger partial charge on any atom is 0.251 e. The minimum atomic E-state index is -0.835. The summed E-state index contributed by atoms with van der Waals surface area (Å²) in [7, 11) is 0. The van der Waals surface area contributed by atoms with E-state index >= 15 is 0 Å². The summed E-state index contributed by atoms with van der Waals surface area (Å²) in [6, 6.07) is 2.64. The van der Waals surface area contributed by atoms with Crippen molar-refractivity contribution in [2.24, 2.45) is 0 Å². The molecule has 1 aromatic heterocycles. The second kappa shape index (κ2) is 2.90. The Kier molecular flexibility index (Phi) is 1.73. The van der Waals surface area contributed by atoms with Crippen LogP contribution in [0.2, 0.25) is 0 Å². The van der Waals surface area contributed by atoms with E-state index in [0.29, 0.717) is 35.0 Å². The van der Waals surface area contributed by atoms with Crippen LogP contribution in [0.1, 0.15) is 11.1 Å². The molecule has 2 aromatic rings. The molecule has 0 saturated heterocycles. The quantitative estimate of drug-likeness (QED) is 0.668. The van der Waals surface area contributed by atoms with E-state index in [2.05, 4.69) is 0 Å². The summed E-state index contributed by atoms with van der Waals surface area (Å²) in [5.74, 6) is -1.65. The van der Waals surface area contributed by atoms with Gasteiger partial charge in [0.15, 0.2) is 11.6 Å². The molecule has 1 aliphatic rings. The average Bonchev–Trinajstić information content (AvgIpc) is 2.66. The van der Waals surface area contributed by atoms with E-state index in [0.717, 1.165) is 0 Å². The van der Waals surface area contributed by atoms with Crippen LogP contribution >= 0.6 is 0 Å². The molecule has 0 unspecified atom stereocenters. The Balaban J connectivity index is 2.64. The molecule has 0 fully saturated rings. The first-order valence-electron chi connectivity index (χ1n) is 5.10. The van der Waals surface area contributed by atoms with Crippen LogP contribution in [0.25, 0.3) is 10.9 Å². The van der Waals surface area contributed by atoms with Crippen LogP contribution in [-0.2, 0) is 13.0 Å². The largest absolute Gasteiger partial charge is 0.308 e. The molecule has 0 N–H and O–H groups in total. The summed E-state index contributed by atoms with van der Waals surface area (Å²) in [6.07, 6.45) is 0.388. The second-order valence-corrected chi connectivity index (χ2v) is 4.11. The fourth-order valence-corrected chi connectivity index (χ4v) is 2.40. The minimum Gasteiger partial charge on any atom is -0.308 e. The average molecular weight is 221 g/mol. The molecule has 2 nitrogen and oxygen atoms in total. The van der Waals surface area contributed by atoms with Gasteiger partial charge in [-0.2, -0.15) is 0 Å². The fourth-order valence-electron chi connectivity index (χ4n) is 2.40. The van der Waals surface area contributed by atoms with E-state index in [1.165, 1.54) is 16.7 Å². The maximum atomic E-state index is 13.5. The molecular formula is C12H9F2NO. The number of hydrogen-bond acceptors (Lipinski definition) is 1. The van der Waals surface area contributed by atoms with E-state index in [4.69, 9.17) is 0 Å². The number of halogens is 2. The Hall–Kier alpha value is -1.71. The summed E-state index contributed by atoms with van der Waals surface area (Å²) in [5, 5.41) is 0.631. The van der Waals surface area contributed by atoms with Gasteiger partial charge in [-0.05, 0) is 25.0 Å². The van der Waals surface area contributed by atoms with Crippen molar-refractivity contribution in [2.75, 3.05) is 0 Å². The molecule has 0 saturated carbocycles. The third kappa shape index (κ3) is 1.01. The monoisotopic (exact) mass is 221 g/mol. The number of hydrogen-bond donors (Lipinski definition) is 0. The lowest BCUT2D eigenvalue weighted by Crippen LogP contribution is -2.17. The summed E-state index contributed by atoms with van der Waals surface area (Å²) in [6.45, 7) is 2.17. The van der Waals surface area contributed by atoms with Gasteiger partial charge in [0.2, 0.25) is 0 Å². The summed E-state index contributed by atoms with van der Waals surface area (Å²) in [5.41, 5.74) is 1.44. The van der Waals surface area contributed by atoms with Crippen molar-refractivity contribution in [3.05, 3.63) is 45.2 Å². The lowest BCUT2D eigenvalue weighted by atomic mass is 10.1. The van der Waals surface area contributed by atoms with Gasteiger partial charge in [0, 0.05) is 23.6 Å². The number of aryl methyl sites for hydroxylation is 3. The van der Waals surface area contributed by atoms with Crippen LogP contribution in [0.3, 0.4) is 0 Å². The third-order valence-corrected chi connectivity index (χ3v) is 3.17. The van der Waals surface area contributed by atoms with Crippen molar-refractivity contribution in [1.29, 1.82) is 0 Å². The zero-order chi connectivity index (χ0) is 11.4. The first-order valence-corrected chi connectivity index (χ1v) is 5.10. The first kappa shape index (κ1) is 9.51. The molecule has 0 bridgehead atoms. The summed E-state index contributed by atoms with van der Waals surface area (Å²) in [4.78, 5) is 11.7. The highest BCUT2D eigenvalue weighted by Crippen LogP contribution is 2.29. The van der Waals surface area contributed by atoms with Crippen molar-refractivity contribution < 1.29 is 8.78 Å². The molecule has 2 heterocycles. The predicted octanol–water partition coefficient (Wildman–Crippen LogP) is 2.14. The van der Waals surface area contributed by atoms with Crippen LogP contribution in [0, 0.1) is 18.6 Å². The van der Waals surface area contributed by atoms with Gasteiger partial charge in [-0.3, -0.25) is 4.79 Å². The lowest BCUT2D eigenvalue weighted by molar-refractivity contribution is 0.502. The number of benzene rings is 1. The SMILES string of the molecule is Cc1cc(=O)n2c3c(c(F)c(F)cc13)CC2. The summed E-state index contributed by atoms with van der Waals surface area (Å²) < 4.78 is 28.4. The Morgan fingerprint density at radius 1 is 1.31 bits per heavy atom. The zero-order valence-electron chi connectivity index (χ0n) is 8.68. The van der Waals surface area contributed by atoms with Gasteiger partial charge in [0.05, 0.1) is 5.52 Å². The van der Waals surface area contributed by atoms with Gasteiger partial charge in [0.1, 0.15) is 0 Å².